The van der Waals surface area contributed by atoms with E-state index in [-0.39, 0.29) is 5.92 Å². The zero-order valence-corrected chi connectivity index (χ0v) is 31.2. The second-order valence-corrected chi connectivity index (χ2v) is 15.1. The summed E-state index contributed by atoms with van der Waals surface area (Å²) in [7, 11) is 0. The number of nitrogens with zero attached hydrogens (tertiary/aromatic N) is 1. The molecule has 0 N–H and O–H groups in total. The van der Waals surface area contributed by atoms with Gasteiger partial charge < -0.3 is 13.7 Å². The highest BCUT2D eigenvalue weighted by Gasteiger charge is 2.20. The van der Waals surface area contributed by atoms with Crippen LogP contribution in [-0.2, 0) is 0 Å². The van der Waals surface area contributed by atoms with Crippen molar-refractivity contribution < 1.29 is 8.83 Å². The Labute approximate surface area is 324 Å². The Hall–Kier alpha value is -7.10. The third-order valence-corrected chi connectivity index (χ3v) is 11.4. The van der Waals surface area contributed by atoms with E-state index in [0.717, 1.165) is 77.1 Å². The van der Waals surface area contributed by atoms with Crippen LogP contribution in [0.25, 0.3) is 65.4 Å². The first-order valence-corrected chi connectivity index (χ1v) is 19.3. The molecule has 1 atom stereocenters. The van der Waals surface area contributed by atoms with Crippen molar-refractivity contribution in [2.24, 2.45) is 0 Å². The van der Waals surface area contributed by atoms with Crippen LogP contribution >= 0.6 is 0 Å². The molecule has 9 aromatic carbocycles. The molecule has 0 saturated heterocycles. The zero-order chi connectivity index (χ0) is 37.3. The second kappa shape index (κ2) is 12.8. The molecule has 0 radical (unpaired) electrons. The van der Waals surface area contributed by atoms with Crippen LogP contribution in [0.15, 0.2) is 191 Å². The molecule has 0 aliphatic rings. The number of benzene rings is 9. The van der Waals surface area contributed by atoms with Gasteiger partial charge in [-0.3, -0.25) is 0 Å². The first kappa shape index (κ1) is 32.3. The fraction of sp³-hybridized carbons (Fsp3) is 0.0566. The van der Waals surface area contributed by atoms with Crippen molar-refractivity contribution in [2.75, 3.05) is 4.90 Å². The van der Waals surface area contributed by atoms with Gasteiger partial charge in [-0.1, -0.05) is 120 Å². The molecule has 3 nitrogen and oxygen atoms in total. The van der Waals surface area contributed by atoms with Crippen LogP contribution in [0, 0.1) is 13.8 Å². The van der Waals surface area contributed by atoms with Gasteiger partial charge in [0.05, 0.1) is 0 Å². The fourth-order valence-electron chi connectivity index (χ4n) is 8.58. The molecule has 0 bridgehead atoms. The molecule has 2 heterocycles. The van der Waals surface area contributed by atoms with E-state index in [9.17, 15) is 0 Å². The number of anilines is 3. The molecule has 11 aromatic rings. The van der Waals surface area contributed by atoms with Crippen molar-refractivity contribution in [3.63, 3.8) is 0 Å². The van der Waals surface area contributed by atoms with Crippen molar-refractivity contribution in [1.82, 2.24) is 0 Å². The van der Waals surface area contributed by atoms with Crippen molar-refractivity contribution >= 4 is 82.5 Å². The summed E-state index contributed by atoms with van der Waals surface area (Å²) in [5.74, 6) is 0.123. The quantitative estimate of drug-likeness (QED) is 0.160. The largest absolute Gasteiger partial charge is 0.452 e. The first-order chi connectivity index (χ1) is 27.5. The smallest absolute Gasteiger partial charge is 0.178 e. The minimum absolute atomic E-state index is 0.123. The molecule has 266 valence electrons. The fourth-order valence-corrected chi connectivity index (χ4v) is 8.58. The van der Waals surface area contributed by atoms with E-state index in [0.29, 0.717) is 0 Å². The summed E-state index contributed by atoms with van der Waals surface area (Å²) in [6.45, 7) is 4.26. The lowest BCUT2D eigenvalue weighted by Crippen LogP contribution is -2.09. The molecule has 1 unspecified atom stereocenters. The Kier molecular flexibility index (Phi) is 7.36. The van der Waals surface area contributed by atoms with Gasteiger partial charge in [-0.05, 0) is 125 Å². The summed E-state index contributed by atoms with van der Waals surface area (Å²) in [6, 6.07) is 65.7. The predicted molar refractivity (Wildman–Crippen MR) is 234 cm³/mol. The second-order valence-electron chi connectivity index (χ2n) is 15.1. The average Bonchev–Trinajstić information content (AvgIpc) is 3.79. The standard InChI is InChI=1S/C53H37NO2/c1-33-13-17-36(18-14-33)51(35-9-5-3-6-10-35)39-20-19-37-29-47-45-25-26-46-48-30-38-21-24-44(54(42-11-7-4-8-12-42)43-22-15-34(2)16-23-43)28-41(38)32-50(48)56-53(46)52(45)55-49(47)31-40(37)27-39/h3-32,51H,1-2H3. The highest BCUT2D eigenvalue weighted by Crippen LogP contribution is 2.43. The lowest BCUT2D eigenvalue weighted by atomic mass is 9.84. The molecule has 0 fully saturated rings. The molecular weight excluding hydrogens is 683 g/mol. The Morgan fingerprint density at radius 2 is 0.839 bits per heavy atom. The van der Waals surface area contributed by atoms with E-state index < -0.39 is 0 Å². The molecule has 56 heavy (non-hydrogen) atoms. The van der Waals surface area contributed by atoms with Crippen LogP contribution in [0.2, 0.25) is 0 Å². The third-order valence-electron chi connectivity index (χ3n) is 11.4. The van der Waals surface area contributed by atoms with Gasteiger partial charge in [0.15, 0.2) is 11.2 Å². The van der Waals surface area contributed by atoms with Crippen molar-refractivity contribution in [2.45, 2.75) is 19.8 Å². The number of hydrogen-bond acceptors (Lipinski definition) is 3. The Morgan fingerprint density at radius 3 is 1.46 bits per heavy atom. The van der Waals surface area contributed by atoms with E-state index in [1.165, 1.54) is 33.2 Å². The number of rotatable bonds is 6. The first-order valence-electron chi connectivity index (χ1n) is 19.3. The molecule has 0 aliphatic carbocycles. The Balaban J connectivity index is 1.03. The minimum atomic E-state index is 0.123. The molecular formula is C53H37NO2. The van der Waals surface area contributed by atoms with E-state index in [2.05, 4.69) is 201 Å². The molecule has 11 rings (SSSR count). The topological polar surface area (TPSA) is 29.5 Å². The van der Waals surface area contributed by atoms with E-state index >= 15 is 0 Å². The van der Waals surface area contributed by atoms with E-state index in [4.69, 9.17) is 8.83 Å². The third kappa shape index (κ3) is 5.35. The number of para-hydroxylation sites is 1. The molecule has 0 aliphatic heterocycles. The summed E-state index contributed by atoms with van der Waals surface area (Å²) in [4.78, 5) is 2.30. The zero-order valence-electron chi connectivity index (χ0n) is 31.2. The molecule has 0 saturated carbocycles. The van der Waals surface area contributed by atoms with Crippen LogP contribution in [0.5, 0.6) is 0 Å². The number of furan rings is 2. The lowest BCUT2D eigenvalue weighted by Gasteiger charge is -2.26. The minimum Gasteiger partial charge on any atom is -0.452 e. The SMILES string of the molecule is Cc1ccc(C(c2ccccc2)c2ccc3cc4c(cc3c2)oc2c4ccc3c4cc5ccc(N(c6ccccc6)c6ccc(C)cc6)cc5cc4oc32)cc1. The summed E-state index contributed by atoms with van der Waals surface area (Å²) in [5.41, 5.74) is 12.9. The van der Waals surface area contributed by atoms with E-state index in [1.54, 1.807) is 0 Å². The van der Waals surface area contributed by atoms with Crippen LogP contribution in [0.3, 0.4) is 0 Å². The van der Waals surface area contributed by atoms with Crippen LogP contribution in [0.4, 0.5) is 17.1 Å². The van der Waals surface area contributed by atoms with Crippen LogP contribution in [0.1, 0.15) is 33.7 Å². The van der Waals surface area contributed by atoms with Gasteiger partial charge in [0.25, 0.3) is 0 Å². The summed E-state index contributed by atoms with van der Waals surface area (Å²) in [5, 5.41) is 8.89. The average molecular weight is 720 g/mol. The van der Waals surface area contributed by atoms with Crippen LogP contribution < -0.4 is 4.90 Å². The van der Waals surface area contributed by atoms with Gasteiger partial charge in [0.2, 0.25) is 0 Å². The summed E-state index contributed by atoms with van der Waals surface area (Å²) >= 11 is 0. The monoisotopic (exact) mass is 719 g/mol. The van der Waals surface area contributed by atoms with Gasteiger partial charge in [-0.15, -0.1) is 0 Å². The Morgan fingerprint density at radius 1 is 0.357 bits per heavy atom. The lowest BCUT2D eigenvalue weighted by molar-refractivity contribution is 0.634. The molecule has 2 aromatic heterocycles. The van der Waals surface area contributed by atoms with Gasteiger partial charge >= 0.3 is 0 Å². The highest BCUT2D eigenvalue weighted by molar-refractivity contribution is 6.21. The van der Waals surface area contributed by atoms with Crippen molar-refractivity contribution in [1.29, 1.82) is 0 Å². The van der Waals surface area contributed by atoms with Gasteiger partial charge in [-0.2, -0.15) is 0 Å². The maximum Gasteiger partial charge on any atom is 0.178 e. The number of fused-ring (bicyclic) bond motifs is 9. The Bertz CT molecular complexity index is 3030. The van der Waals surface area contributed by atoms with Gasteiger partial charge in [-0.25, -0.2) is 0 Å². The van der Waals surface area contributed by atoms with Gasteiger partial charge in [0.1, 0.15) is 11.2 Å². The summed E-state index contributed by atoms with van der Waals surface area (Å²) < 4.78 is 13.5. The normalized spacial score (nSPS) is 12.4. The van der Waals surface area contributed by atoms with Crippen LogP contribution in [-0.4, -0.2) is 0 Å². The molecule has 3 heteroatoms. The maximum atomic E-state index is 6.74. The van der Waals surface area contributed by atoms with Crippen molar-refractivity contribution in [3.05, 3.63) is 210 Å². The van der Waals surface area contributed by atoms with Crippen molar-refractivity contribution in [3.8, 4) is 0 Å². The van der Waals surface area contributed by atoms with Gasteiger partial charge in [0, 0.05) is 44.5 Å². The maximum absolute atomic E-state index is 6.74. The van der Waals surface area contributed by atoms with E-state index in [1.807, 2.05) is 0 Å². The predicted octanol–water partition coefficient (Wildman–Crippen LogP) is 15.1. The highest BCUT2D eigenvalue weighted by atomic mass is 16.4. The number of aryl methyl sites for hydroxylation is 2. The summed E-state index contributed by atoms with van der Waals surface area (Å²) in [6.07, 6.45) is 0. The number of hydrogen-bond donors (Lipinski definition) is 0. The molecule has 0 spiro atoms. The molecule has 0 amide bonds.